The molecule has 0 radical (unpaired) electrons. The molecule has 5 N–H and O–H groups in total. The smallest absolute Gasteiger partial charge is 0.404 e. The van der Waals surface area contributed by atoms with Crippen molar-refractivity contribution in [2.75, 3.05) is 13.1 Å². The van der Waals surface area contributed by atoms with Crippen molar-refractivity contribution in [1.82, 2.24) is 26.3 Å². The number of pyridine rings is 1. The van der Waals surface area contributed by atoms with Crippen molar-refractivity contribution in [2.24, 2.45) is 0 Å². The van der Waals surface area contributed by atoms with Gasteiger partial charge in [-0.05, 0) is 47.9 Å². The van der Waals surface area contributed by atoms with E-state index in [0.717, 1.165) is 0 Å². The van der Waals surface area contributed by atoms with Gasteiger partial charge in [0.2, 0.25) is 11.8 Å². The highest BCUT2D eigenvalue weighted by atomic mass is 35.5. The van der Waals surface area contributed by atoms with Crippen LogP contribution in [0.15, 0.2) is 53.7 Å². The van der Waals surface area contributed by atoms with Crippen molar-refractivity contribution in [2.45, 2.75) is 38.4 Å². The molecule has 0 spiro atoms. The lowest BCUT2D eigenvalue weighted by atomic mass is 9.94. The van der Waals surface area contributed by atoms with Crippen molar-refractivity contribution in [3.05, 3.63) is 75.6 Å². The largest absolute Gasteiger partial charge is 0.465 e. The van der Waals surface area contributed by atoms with Crippen LogP contribution in [0.5, 0.6) is 0 Å². The highest BCUT2D eigenvalue weighted by molar-refractivity contribution is 6.30. The van der Waals surface area contributed by atoms with Gasteiger partial charge in [-0.1, -0.05) is 23.7 Å². The summed E-state index contributed by atoms with van der Waals surface area (Å²) >= 11 is 6.03. The lowest BCUT2D eigenvalue weighted by molar-refractivity contribution is -0.123. The summed E-state index contributed by atoms with van der Waals surface area (Å²) in [5.41, 5.74) is 1.57. The van der Waals surface area contributed by atoms with E-state index in [1.54, 1.807) is 31.2 Å². The Balaban J connectivity index is 1.63. The first kappa shape index (κ1) is 27.0. The van der Waals surface area contributed by atoms with Crippen molar-refractivity contribution in [3.63, 3.8) is 0 Å². The average Bonchev–Trinajstić information content (AvgIpc) is 2.84. The van der Waals surface area contributed by atoms with E-state index in [1.807, 2.05) is 0 Å². The molecule has 36 heavy (non-hydrogen) atoms. The highest BCUT2D eigenvalue weighted by Gasteiger charge is 2.35. The third-order valence-electron chi connectivity index (χ3n) is 5.76. The molecule has 3 rings (SSSR count). The number of nitrogens with zero attached hydrogens (tertiary/aromatic N) is 1. The molecule has 1 aliphatic rings. The maximum Gasteiger partial charge on any atom is 0.404 e. The molecule has 3 amide bonds. The number of nitrogens with one attached hydrogen (secondary N) is 4. The number of rotatable bonds is 10. The summed E-state index contributed by atoms with van der Waals surface area (Å²) in [6.45, 7) is 1.13. The van der Waals surface area contributed by atoms with Gasteiger partial charge in [0.05, 0.1) is 13.0 Å². The van der Waals surface area contributed by atoms with E-state index in [1.165, 1.54) is 18.3 Å². The molecular formula is C24H26ClF2N5O4. The zero-order valence-electron chi connectivity index (χ0n) is 19.4. The summed E-state index contributed by atoms with van der Waals surface area (Å²) in [5, 5.41) is 19.6. The number of carbonyl (C=O) groups is 3. The monoisotopic (exact) mass is 521 g/mol. The Kier molecular flexibility index (Phi) is 8.94. The summed E-state index contributed by atoms with van der Waals surface area (Å²) in [5.74, 6) is -4.12. The van der Waals surface area contributed by atoms with Crippen molar-refractivity contribution >= 4 is 29.5 Å². The summed E-state index contributed by atoms with van der Waals surface area (Å²) in [7, 11) is 0. The van der Waals surface area contributed by atoms with Crippen LogP contribution in [0.3, 0.4) is 0 Å². The minimum Gasteiger partial charge on any atom is -0.465 e. The number of benzene rings is 1. The molecule has 1 aliphatic heterocycles. The maximum absolute atomic E-state index is 14.5. The fourth-order valence-electron chi connectivity index (χ4n) is 3.73. The van der Waals surface area contributed by atoms with E-state index in [2.05, 4.69) is 26.3 Å². The first-order chi connectivity index (χ1) is 17.1. The number of hydrogen-bond donors (Lipinski definition) is 5. The SMILES string of the molecule is CC1=C(CC(=O)NCc2cc(Cl)ccc2CNC(=O)O)C(=O)NCC1NCC(F)(F)c1ccccn1. The van der Waals surface area contributed by atoms with E-state index in [9.17, 15) is 23.2 Å². The van der Waals surface area contributed by atoms with E-state index in [-0.39, 0.29) is 37.3 Å². The molecule has 0 aliphatic carbocycles. The fourth-order valence-corrected chi connectivity index (χ4v) is 3.92. The van der Waals surface area contributed by atoms with E-state index in [4.69, 9.17) is 16.7 Å². The van der Waals surface area contributed by atoms with Gasteiger partial charge in [-0.25, -0.2) is 4.79 Å². The van der Waals surface area contributed by atoms with E-state index < -0.39 is 36.4 Å². The Morgan fingerprint density at radius 1 is 1.19 bits per heavy atom. The van der Waals surface area contributed by atoms with Gasteiger partial charge in [-0.2, -0.15) is 8.78 Å². The summed E-state index contributed by atoms with van der Waals surface area (Å²) in [6.07, 6.45) is -0.150. The molecule has 1 atom stereocenters. The molecule has 0 bridgehead atoms. The lowest BCUT2D eigenvalue weighted by Crippen LogP contribution is -2.50. The van der Waals surface area contributed by atoms with Gasteiger partial charge >= 0.3 is 12.0 Å². The lowest BCUT2D eigenvalue weighted by Gasteiger charge is -2.29. The Hall–Kier alpha value is -3.57. The molecule has 9 nitrogen and oxygen atoms in total. The van der Waals surface area contributed by atoms with Crippen LogP contribution < -0.4 is 21.3 Å². The molecular weight excluding hydrogens is 496 g/mol. The minimum absolute atomic E-state index is 0.0286. The third-order valence-corrected chi connectivity index (χ3v) is 6.00. The molecule has 2 aromatic rings. The van der Waals surface area contributed by atoms with Gasteiger partial charge in [-0.15, -0.1) is 0 Å². The molecule has 0 saturated heterocycles. The zero-order valence-corrected chi connectivity index (χ0v) is 20.2. The second kappa shape index (κ2) is 11.9. The van der Waals surface area contributed by atoms with E-state index in [0.29, 0.717) is 21.7 Å². The molecule has 0 saturated carbocycles. The van der Waals surface area contributed by atoms with Crippen molar-refractivity contribution in [1.29, 1.82) is 0 Å². The number of amides is 3. The second-order valence-electron chi connectivity index (χ2n) is 8.25. The molecule has 12 heteroatoms. The third kappa shape index (κ3) is 7.22. The van der Waals surface area contributed by atoms with Crippen LogP contribution in [0.25, 0.3) is 0 Å². The fraction of sp³-hybridized carbons (Fsp3) is 0.333. The predicted octanol–water partition coefficient (Wildman–Crippen LogP) is 2.71. The zero-order chi connectivity index (χ0) is 26.3. The van der Waals surface area contributed by atoms with Gasteiger partial charge < -0.3 is 26.4 Å². The Morgan fingerprint density at radius 3 is 2.64 bits per heavy atom. The number of carbonyl (C=O) groups excluding carboxylic acids is 2. The van der Waals surface area contributed by atoms with Gasteiger partial charge in [0.25, 0.3) is 0 Å². The molecule has 192 valence electrons. The van der Waals surface area contributed by atoms with Crippen LogP contribution in [-0.2, 0) is 28.6 Å². The Morgan fingerprint density at radius 2 is 1.94 bits per heavy atom. The molecule has 2 heterocycles. The normalized spacial score (nSPS) is 15.9. The summed E-state index contributed by atoms with van der Waals surface area (Å²) in [6, 6.07) is 8.56. The molecule has 0 fully saturated rings. The first-order valence-corrected chi connectivity index (χ1v) is 11.5. The quantitative estimate of drug-likeness (QED) is 0.326. The first-order valence-electron chi connectivity index (χ1n) is 11.1. The van der Waals surface area contributed by atoms with Crippen LogP contribution in [0.2, 0.25) is 5.02 Å². The minimum atomic E-state index is -3.22. The van der Waals surface area contributed by atoms with Crippen LogP contribution in [-0.4, -0.2) is 47.1 Å². The molecule has 1 aromatic heterocycles. The average molecular weight is 522 g/mol. The van der Waals surface area contributed by atoms with Crippen molar-refractivity contribution in [3.8, 4) is 0 Å². The summed E-state index contributed by atoms with van der Waals surface area (Å²) < 4.78 is 29.0. The van der Waals surface area contributed by atoms with Crippen LogP contribution in [0.1, 0.15) is 30.2 Å². The van der Waals surface area contributed by atoms with Crippen molar-refractivity contribution < 1.29 is 28.3 Å². The molecule has 1 aromatic carbocycles. The Bertz CT molecular complexity index is 1160. The maximum atomic E-state index is 14.5. The second-order valence-corrected chi connectivity index (χ2v) is 8.69. The number of hydrogen-bond acceptors (Lipinski definition) is 5. The predicted molar refractivity (Wildman–Crippen MR) is 128 cm³/mol. The standard InChI is InChI=1S/C24H26ClF2N5O4/c1-14-18(9-21(33)29-11-16-8-17(25)6-5-15(16)10-31-23(35)36)22(34)30-12-19(14)32-13-24(26,27)20-4-2-3-7-28-20/h2-8,19,31-32H,9-13H2,1H3,(H,29,33)(H,30,34)(H,35,36). The number of carboxylic acid groups (broad SMARTS) is 1. The van der Waals surface area contributed by atoms with Gasteiger partial charge in [-0.3, -0.25) is 14.6 Å². The topological polar surface area (TPSA) is 132 Å². The highest BCUT2D eigenvalue weighted by Crippen LogP contribution is 2.26. The van der Waals surface area contributed by atoms with E-state index >= 15 is 0 Å². The Labute approximate surface area is 211 Å². The number of halogens is 3. The van der Waals surface area contributed by atoms with Crippen LogP contribution in [0.4, 0.5) is 13.6 Å². The van der Waals surface area contributed by atoms with Gasteiger partial charge in [0, 0.05) is 42.5 Å². The van der Waals surface area contributed by atoms with Gasteiger partial charge in [0.15, 0.2) is 0 Å². The number of aromatic nitrogens is 1. The molecule has 1 unspecified atom stereocenters. The van der Waals surface area contributed by atoms with Crippen LogP contribution in [0, 0.1) is 0 Å². The van der Waals surface area contributed by atoms with Crippen LogP contribution >= 0.6 is 11.6 Å². The summed E-state index contributed by atoms with van der Waals surface area (Å²) in [4.78, 5) is 39.6. The number of alkyl halides is 2. The van der Waals surface area contributed by atoms with Gasteiger partial charge in [0.1, 0.15) is 5.69 Å².